The molecule has 22 heavy (non-hydrogen) atoms. The molecule has 2 bridgehead atoms. The minimum absolute atomic E-state index is 0.0639. The van der Waals surface area contributed by atoms with Crippen molar-refractivity contribution in [2.75, 3.05) is 0 Å². The van der Waals surface area contributed by atoms with Gasteiger partial charge in [0.05, 0.1) is 18.4 Å². The van der Waals surface area contributed by atoms with E-state index in [9.17, 15) is 9.59 Å². The molecule has 2 amide bonds. The number of rotatable bonds is 2. The molecule has 4 atom stereocenters. The molecule has 0 radical (unpaired) electrons. The maximum atomic E-state index is 12.8. The summed E-state index contributed by atoms with van der Waals surface area (Å²) in [5, 5.41) is 0.977. The fourth-order valence-electron chi connectivity index (χ4n) is 4.33. The third-order valence-corrected chi connectivity index (χ3v) is 6.06. The number of allylic oxidation sites excluding steroid dienone is 2. The number of nitrogens with zero attached hydrogens (tertiary/aromatic N) is 1. The van der Waals surface area contributed by atoms with Crippen LogP contribution in [0.25, 0.3) is 0 Å². The number of imide groups is 1. The molecule has 2 fully saturated rings. The molecule has 3 aliphatic rings. The fraction of sp³-hybridized carbons (Fsp3) is 0.412. The van der Waals surface area contributed by atoms with E-state index in [1.807, 2.05) is 0 Å². The molecule has 1 aliphatic heterocycles. The van der Waals surface area contributed by atoms with Gasteiger partial charge in [-0.3, -0.25) is 14.5 Å². The highest BCUT2D eigenvalue weighted by Crippen LogP contribution is 2.55. The molecule has 1 saturated heterocycles. The SMILES string of the molecule is CC1=C[C@@H]2C[C@@H]1[C@H]1C(=O)N(Cc3c(Cl)cccc3Cl)C(=O)[C@@H]12. The zero-order valence-corrected chi connectivity index (χ0v) is 13.6. The Morgan fingerprint density at radius 1 is 1.14 bits per heavy atom. The van der Waals surface area contributed by atoms with Crippen LogP contribution in [0.5, 0.6) is 0 Å². The molecule has 5 heteroatoms. The van der Waals surface area contributed by atoms with Gasteiger partial charge < -0.3 is 0 Å². The van der Waals surface area contributed by atoms with Crippen molar-refractivity contribution in [3.63, 3.8) is 0 Å². The largest absolute Gasteiger partial charge is 0.277 e. The third-order valence-electron chi connectivity index (χ3n) is 5.35. The van der Waals surface area contributed by atoms with Crippen molar-refractivity contribution in [3.05, 3.63) is 45.5 Å². The van der Waals surface area contributed by atoms with Crippen molar-refractivity contribution in [1.82, 2.24) is 4.90 Å². The van der Waals surface area contributed by atoms with Gasteiger partial charge in [0.15, 0.2) is 0 Å². The van der Waals surface area contributed by atoms with Crippen LogP contribution in [-0.2, 0) is 16.1 Å². The van der Waals surface area contributed by atoms with Crippen molar-refractivity contribution in [3.8, 4) is 0 Å². The quantitative estimate of drug-likeness (QED) is 0.610. The smallest absolute Gasteiger partial charge is 0.234 e. The normalized spacial score (nSPS) is 32.7. The molecule has 4 rings (SSSR count). The van der Waals surface area contributed by atoms with Crippen LogP contribution in [0.2, 0.25) is 10.0 Å². The summed E-state index contributed by atoms with van der Waals surface area (Å²) in [6.07, 6.45) is 3.11. The lowest BCUT2D eigenvalue weighted by atomic mass is 9.82. The minimum atomic E-state index is -0.178. The highest BCUT2D eigenvalue weighted by molar-refractivity contribution is 6.36. The molecule has 1 aromatic carbocycles. The first-order valence-corrected chi connectivity index (χ1v) is 8.21. The van der Waals surface area contributed by atoms with E-state index in [2.05, 4.69) is 13.0 Å². The van der Waals surface area contributed by atoms with E-state index in [1.54, 1.807) is 18.2 Å². The minimum Gasteiger partial charge on any atom is -0.277 e. The van der Waals surface area contributed by atoms with Crippen LogP contribution in [0.1, 0.15) is 18.9 Å². The molecule has 0 aromatic heterocycles. The third kappa shape index (κ3) is 1.82. The van der Waals surface area contributed by atoms with E-state index in [1.165, 1.54) is 10.5 Å². The average molecular weight is 336 g/mol. The summed E-state index contributed by atoms with van der Waals surface area (Å²) < 4.78 is 0. The zero-order chi connectivity index (χ0) is 15.6. The summed E-state index contributed by atoms with van der Waals surface area (Å²) >= 11 is 12.3. The van der Waals surface area contributed by atoms with E-state index in [-0.39, 0.29) is 42.0 Å². The predicted molar refractivity (Wildman–Crippen MR) is 84.4 cm³/mol. The van der Waals surface area contributed by atoms with Gasteiger partial charge in [-0.05, 0) is 37.3 Å². The molecule has 3 nitrogen and oxygen atoms in total. The van der Waals surface area contributed by atoms with Crippen molar-refractivity contribution < 1.29 is 9.59 Å². The van der Waals surface area contributed by atoms with Crippen LogP contribution in [-0.4, -0.2) is 16.7 Å². The molecule has 0 N–H and O–H groups in total. The van der Waals surface area contributed by atoms with E-state index in [0.717, 1.165) is 6.42 Å². The van der Waals surface area contributed by atoms with Crippen molar-refractivity contribution in [2.24, 2.45) is 23.7 Å². The summed E-state index contributed by atoms with van der Waals surface area (Å²) in [5.74, 6) is -0.0317. The van der Waals surface area contributed by atoms with E-state index < -0.39 is 0 Å². The number of carbonyl (C=O) groups is 2. The maximum absolute atomic E-state index is 12.8. The first-order chi connectivity index (χ1) is 10.5. The van der Waals surface area contributed by atoms with E-state index in [0.29, 0.717) is 15.6 Å². The summed E-state index contributed by atoms with van der Waals surface area (Å²) in [6.45, 7) is 2.23. The topological polar surface area (TPSA) is 37.4 Å². The number of fused-ring (bicyclic) bond motifs is 5. The lowest BCUT2D eigenvalue weighted by Crippen LogP contribution is -2.32. The maximum Gasteiger partial charge on any atom is 0.234 e. The Kier molecular flexibility index (Phi) is 3.14. The highest BCUT2D eigenvalue weighted by Gasteiger charge is 2.60. The second-order valence-electron chi connectivity index (χ2n) is 6.43. The van der Waals surface area contributed by atoms with Gasteiger partial charge in [0.25, 0.3) is 0 Å². The van der Waals surface area contributed by atoms with Crippen LogP contribution >= 0.6 is 23.2 Å². The molecular weight excluding hydrogens is 321 g/mol. The van der Waals surface area contributed by atoms with Gasteiger partial charge in [0, 0.05) is 15.6 Å². The second-order valence-corrected chi connectivity index (χ2v) is 7.25. The Hall–Kier alpha value is -1.32. The second kappa shape index (κ2) is 4.84. The Bertz CT molecular complexity index is 707. The molecule has 0 unspecified atom stereocenters. The number of likely N-dealkylation sites (tertiary alicyclic amines) is 1. The number of benzene rings is 1. The van der Waals surface area contributed by atoms with Gasteiger partial charge in [0.2, 0.25) is 11.8 Å². The molecule has 0 spiro atoms. The number of halogens is 2. The van der Waals surface area contributed by atoms with Crippen LogP contribution < -0.4 is 0 Å². The van der Waals surface area contributed by atoms with Gasteiger partial charge in [-0.2, -0.15) is 0 Å². The highest BCUT2D eigenvalue weighted by atomic mass is 35.5. The first-order valence-electron chi connectivity index (χ1n) is 7.45. The molecule has 1 aromatic rings. The fourth-order valence-corrected chi connectivity index (χ4v) is 4.85. The molecule has 114 valence electrons. The van der Waals surface area contributed by atoms with Crippen molar-refractivity contribution >= 4 is 35.0 Å². The molecular formula is C17H15Cl2NO2. The summed E-state index contributed by atoms with van der Waals surface area (Å²) in [4.78, 5) is 26.8. The molecule has 1 heterocycles. The standard InChI is InChI=1S/C17H15Cl2NO2/c1-8-5-9-6-10(8)15-14(9)16(21)20(17(15)22)7-11-12(18)3-2-4-13(11)19/h2-5,9-10,14-15H,6-7H2,1H3/t9-,10+,14-,15-/m1/s1. The van der Waals surface area contributed by atoms with E-state index >= 15 is 0 Å². The Morgan fingerprint density at radius 2 is 1.77 bits per heavy atom. The van der Waals surface area contributed by atoms with Gasteiger partial charge in [-0.25, -0.2) is 0 Å². The lowest BCUT2D eigenvalue weighted by Gasteiger charge is -2.19. The molecule has 1 saturated carbocycles. The Balaban J connectivity index is 1.66. The summed E-state index contributed by atoms with van der Waals surface area (Å²) in [6, 6.07) is 5.21. The monoisotopic (exact) mass is 335 g/mol. The van der Waals surface area contributed by atoms with Crippen molar-refractivity contribution in [1.29, 1.82) is 0 Å². The average Bonchev–Trinajstić information content (AvgIpc) is 3.08. The van der Waals surface area contributed by atoms with Gasteiger partial charge >= 0.3 is 0 Å². The van der Waals surface area contributed by atoms with Gasteiger partial charge in [-0.15, -0.1) is 0 Å². The van der Waals surface area contributed by atoms with Crippen LogP contribution in [0.3, 0.4) is 0 Å². The summed E-state index contributed by atoms with van der Waals surface area (Å²) in [7, 11) is 0. The number of hydrogen-bond acceptors (Lipinski definition) is 2. The number of hydrogen-bond donors (Lipinski definition) is 0. The molecule has 2 aliphatic carbocycles. The summed E-state index contributed by atoms with van der Waals surface area (Å²) in [5.41, 5.74) is 1.90. The predicted octanol–water partition coefficient (Wildman–Crippen LogP) is 3.69. The Labute approximate surface area is 138 Å². The van der Waals surface area contributed by atoms with Crippen LogP contribution in [0.4, 0.5) is 0 Å². The van der Waals surface area contributed by atoms with Crippen molar-refractivity contribution in [2.45, 2.75) is 19.9 Å². The zero-order valence-electron chi connectivity index (χ0n) is 12.1. The number of carbonyl (C=O) groups excluding carboxylic acids is 2. The number of amides is 2. The van der Waals surface area contributed by atoms with Gasteiger partial charge in [-0.1, -0.05) is 40.9 Å². The first kappa shape index (κ1) is 14.3. The van der Waals surface area contributed by atoms with E-state index in [4.69, 9.17) is 23.2 Å². The van der Waals surface area contributed by atoms with Crippen LogP contribution in [0, 0.1) is 23.7 Å². The van der Waals surface area contributed by atoms with Crippen LogP contribution in [0.15, 0.2) is 29.8 Å². The van der Waals surface area contributed by atoms with Gasteiger partial charge in [0.1, 0.15) is 0 Å². The lowest BCUT2D eigenvalue weighted by molar-refractivity contribution is -0.141. The Morgan fingerprint density at radius 3 is 2.45 bits per heavy atom.